The Bertz CT molecular complexity index is 999. The van der Waals surface area contributed by atoms with Gasteiger partial charge in [-0.05, 0) is 34.9 Å². The minimum Gasteiger partial charge on any atom is -0.245 e. The van der Waals surface area contributed by atoms with Crippen molar-refractivity contribution in [1.29, 1.82) is 0 Å². The van der Waals surface area contributed by atoms with E-state index in [1.165, 1.54) is 10.6 Å². The largest absolute Gasteiger partial charge is 0.245 e. The van der Waals surface area contributed by atoms with Gasteiger partial charge in [-0.2, -0.15) is 0 Å². The van der Waals surface area contributed by atoms with E-state index in [4.69, 9.17) is 0 Å². The SMILES string of the molecule is c1ccc(Pc2ccccc2)cc1.c1ccc2nc3ccccc3nc2c1. The molecule has 0 aliphatic heterocycles. The number of para-hydroxylation sites is 4. The predicted molar refractivity (Wildman–Crippen MR) is 118 cm³/mol. The summed E-state index contributed by atoms with van der Waals surface area (Å²) in [5.41, 5.74) is 3.80. The Morgan fingerprint density at radius 3 is 1.00 bits per heavy atom. The van der Waals surface area contributed by atoms with Gasteiger partial charge in [-0.3, -0.25) is 0 Å². The van der Waals surface area contributed by atoms with Gasteiger partial charge in [-0.25, -0.2) is 9.97 Å². The van der Waals surface area contributed by atoms with Crippen LogP contribution in [0.1, 0.15) is 0 Å². The average molecular weight is 366 g/mol. The van der Waals surface area contributed by atoms with Gasteiger partial charge in [-0.15, -0.1) is 0 Å². The van der Waals surface area contributed by atoms with Crippen LogP contribution < -0.4 is 10.6 Å². The number of rotatable bonds is 2. The molecule has 1 heterocycles. The van der Waals surface area contributed by atoms with Gasteiger partial charge in [0, 0.05) is 0 Å². The fraction of sp³-hybridized carbons (Fsp3) is 0. The molecule has 0 amide bonds. The Morgan fingerprint density at radius 2 is 0.667 bits per heavy atom. The van der Waals surface area contributed by atoms with Crippen molar-refractivity contribution in [2.45, 2.75) is 0 Å². The maximum Gasteiger partial charge on any atom is 0.0894 e. The lowest BCUT2D eigenvalue weighted by Gasteiger charge is -2.00. The van der Waals surface area contributed by atoms with Gasteiger partial charge in [0.25, 0.3) is 0 Å². The molecule has 0 aliphatic rings. The van der Waals surface area contributed by atoms with Gasteiger partial charge in [0.15, 0.2) is 0 Å². The maximum atomic E-state index is 4.52. The molecule has 2 nitrogen and oxygen atoms in total. The van der Waals surface area contributed by atoms with Gasteiger partial charge < -0.3 is 0 Å². The molecular weight excluding hydrogens is 347 g/mol. The fourth-order valence-electron chi connectivity index (χ4n) is 2.78. The van der Waals surface area contributed by atoms with Crippen molar-refractivity contribution >= 4 is 41.3 Å². The molecule has 130 valence electrons. The predicted octanol–water partition coefficient (Wildman–Crippen LogP) is 5.10. The zero-order valence-corrected chi connectivity index (χ0v) is 15.8. The minimum absolute atomic E-state index is 0.777. The molecule has 4 aromatic carbocycles. The van der Waals surface area contributed by atoms with Gasteiger partial charge in [0.1, 0.15) is 0 Å². The number of benzene rings is 4. The van der Waals surface area contributed by atoms with E-state index in [1.54, 1.807) is 0 Å². The van der Waals surface area contributed by atoms with Crippen molar-refractivity contribution < 1.29 is 0 Å². The fourth-order valence-corrected chi connectivity index (χ4v) is 3.83. The number of fused-ring (bicyclic) bond motifs is 2. The van der Waals surface area contributed by atoms with Crippen molar-refractivity contribution in [1.82, 2.24) is 9.97 Å². The summed E-state index contributed by atoms with van der Waals surface area (Å²) in [7, 11) is 0.777. The number of aromatic nitrogens is 2. The Hall–Kier alpha value is -3.09. The van der Waals surface area contributed by atoms with E-state index >= 15 is 0 Å². The molecule has 27 heavy (non-hydrogen) atoms. The summed E-state index contributed by atoms with van der Waals surface area (Å²) in [6.45, 7) is 0. The first-order valence-electron chi connectivity index (χ1n) is 8.87. The molecule has 5 rings (SSSR count). The molecule has 0 bridgehead atoms. The third-order valence-electron chi connectivity index (χ3n) is 4.08. The zero-order valence-electron chi connectivity index (χ0n) is 14.8. The summed E-state index contributed by atoms with van der Waals surface area (Å²) >= 11 is 0. The monoisotopic (exact) mass is 366 g/mol. The van der Waals surface area contributed by atoms with Crippen LogP contribution in [0, 0.1) is 0 Å². The second-order valence-electron chi connectivity index (χ2n) is 6.06. The zero-order chi connectivity index (χ0) is 18.3. The second kappa shape index (κ2) is 8.53. The van der Waals surface area contributed by atoms with Crippen LogP contribution in [0.2, 0.25) is 0 Å². The van der Waals surface area contributed by atoms with Gasteiger partial charge >= 0.3 is 0 Å². The molecule has 1 aromatic heterocycles. The summed E-state index contributed by atoms with van der Waals surface area (Å²) in [6, 6.07) is 37.0. The molecule has 3 heteroatoms. The van der Waals surface area contributed by atoms with Crippen molar-refractivity contribution in [3.05, 3.63) is 109 Å². The molecule has 0 unspecified atom stereocenters. The highest BCUT2D eigenvalue weighted by molar-refractivity contribution is 7.55. The molecule has 0 saturated carbocycles. The summed E-state index contributed by atoms with van der Waals surface area (Å²) in [6.07, 6.45) is 0. The molecule has 0 spiro atoms. The Morgan fingerprint density at radius 1 is 0.370 bits per heavy atom. The van der Waals surface area contributed by atoms with E-state index in [-0.39, 0.29) is 0 Å². The van der Waals surface area contributed by atoms with E-state index in [9.17, 15) is 0 Å². The quantitative estimate of drug-likeness (QED) is 0.321. The molecule has 0 aliphatic carbocycles. The number of hydrogen-bond acceptors (Lipinski definition) is 2. The van der Waals surface area contributed by atoms with Crippen LogP contribution in [0.15, 0.2) is 109 Å². The van der Waals surface area contributed by atoms with Crippen molar-refractivity contribution in [3.8, 4) is 0 Å². The summed E-state index contributed by atoms with van der Waals surface area (Å²) in [5, 5.41) is 2.79. The molecule has 0 atom stereocenters. The standard InChI is InChI=1S/C12H8N2.C12H11P/c1-2-6-10-9(5-1)13-11-7-3-4-8-12(11)14-10;1-3-7-11(8-4-1)13-12-9-5-2-6-10-12/h1-8H;1-10,13H. The van der Waals surface area contributed by atoms with E-state index in [0.717, 1.165) is 30.6 Å². The Kier molecular flexibility index (Phi) is 5.47. The first kappa shape index (κ1) is 17.3. The summed E-state index contributed by atoms with van der Waals surface area (Å²) in [4.78, 5) is 9.03. The first-order valence-corrected chi connectivity index (χ1v) is 9.87. The van der Waals surface area contributed by atoms with Crippen LogP contribution in [0.3, 0.4) is 0 Å². The summed E-state index contributed by atoms with van der Waals surface area (Å²) < 4.78 is 0. The van der Waals surface area contributed by atoms with Crippen LogP contribution in [0.4, 0.5) is 0 Å². The third-order valence-corrected chi connectivity index (χ3v) is 5.33. The van der Waals surface area contributed by atoms with Crippen LogP contribution >= 0.6 is 8.58 Å². The molecule has 5 aromatic rings. The molecule has 0 saturated heterocycles. The highest BCUT2D eigenvalue weighted by Gasteiger charge is 1.98. The van der Waals surface area contributed by atoms with Crippen molar-refractivity contribution in [2.24, 2.45) is 0 Å². The lowest BCUT2D eigenvalue weighted by molar-refractivity contribution is 1.39. The minimum atomic E-state index is 0.777. The van der Waals surface area contributed by atoms with Crippen LogP contribution in [0.5, 0.6) is 0 Å². The lowest BCUT2D eigenvalue weighted by atomic mass is 10.2. The number of hydrogen-bond donors (Lipinski definition) is 0. The van der Waals surface area contributed by atoms with E-state index < -0.39 is 0 Å². The smallest absolute Gasteiger partial charge is 0.0894 e. The van der Waals surface area contributed by atoms with Gasteiger partial charge in [0.2, 0.25) is 0 Å². The van der Waals surface area contributed by atoms with Crippen LogP contribution in [0.25, 0.3) is 22.1 Å². The Balaban J connectivity index is 0.000000134. The van der Waals surface area contributed by atoms with Crippen LogP contribution in [-0.4, -0.2) is 9.97 Å². The van der Waals surface area contributed by atoms with Crippen molar-refractivity contribution in [3.63, 3.8) is 0 Å². The second-order valence-corrected chi connectivity index (χ2v) is 7.46. The van der Waals surface area contributed by atoms with Crippen LogP contribution in [-0.2, 0) is 0 Å². The van der Waals surface area contributed by atoms with Gasteiger partial charge in [-0.1, -0.05) is 93.5 Å². The first-order chi connectivity index (χ1) is 13.4. The molecular formula is C24H19N2P. The summed E-state index contributed by atoms with van der Waals surface area (Å²) in [5.74, 6) is 0. The van der Waals surface area contributed by atoms with Gasteiger partial charge in [0.05, 0.1) is 22.1 Å². The molecule has 0 radical (unpaired) electrons. The maximum absolute atomic E-state index is 4.52. The average Bonchev–Trinajstić information content (AvgIpc) is 2.74. The normalized spacial score (nSPS) is 10.4. The Labute approximate surface area is 160 Å². The topological polar surface area (TPSA) is 25.8 Å². The van der Waals surface area contributed by atoms with E-state index in [2.05, 4.69) is 70.6 Å². The molecule has 0 fully saturated rings. The highest BCUT2D eigenvalue weighted by Crippen LogP contribution is 2.14. The van der Waals surface area contributed by atoms with Crippen molar-refractivity contribution in [2.75, 3.05) is 0 Å². The van der Waals surface area contributed by atoms with E-state index in [0.29, 0.717) is 0 Å². The number of nitrogens with zero attached hydrogens (tertiary/aromatic N) is 2. The molecule has 0 N–H and O–H groups in total. The van der Waals surface area contributed by atoms with E-state index in [1.807, 2.05) is 48.5 Å². The third kappa shape index (κ3) is 4.55. The lowest BCUT2D eigenvalue weighted by Crippen LogP contribution is -2.01. The highest BCUT2D eigenvalue weighted by atomic mass is 31.1.